The minimum atomic E-state index is -3.95. The zero-order chi connectivity index (χ0) is 25.6. The van der Waals surface area contributed by atoms with Crippen molar-refractivity contribution in [3.8, 4) is 5.75 Å². The summed E-state index contributed by atoms with van der Waals surface area (Å²) < 4.78 is 47.7. The molecule has 0 aromatic heterocycles. The highest BCUT2D eigenvalue weighted by atomic mass is 32.2. The number of hydrogen-bond donors (Lipinski definition) is 1. The number of nitrogens with one attached hydrogen (secondary N) is 1. The molecule has 0 aliphatic carbocycles. The van der Waals surface area contributed by atoms with Gasteiger partial charge in [0.1, 0.15) is 11.6 Å². The van der Waals surface area contributed by atoms with Crippen LogP contribution in [0.2, 0.25) is 0 Å². The van der Waals surface area contributed by atoms with Gasteiger partial charge in [-0.05, 0) is 61.4 Å². The molecule has 3 rings (SSSR count). The Kier molecular flexibility index (Phi) is 8.48. The monoisotopic (exact) mass is 499 g/mol. The molecule has 7 nitrogen and oxygen atoms in total. The molecule has 9 heteroatoms. The molecule has 1 atom stereocenters. The van der Waals surface area contributed by atoms with Crippen molar-refractivity contribution in [2.45, 2.75) is 26.4 Å². The van der Waals surface area contributed by atoms with Gasteiger partial charge in [-0.1, -0.05) is 36.4 Å². The third-order valence-corrected chi connectivity index (χ3v) is 7.25. The Balaban J connectivity index is 1.74. The number of nitrogens with zero attached hydrogens (tertiary/aromatic N) is 2. The average Bonchev–Trinajstić information content (AvgIpc) is 2.84. The number of carbonyl (C=O) groups excluding carboxylic acids is 1. The van der Waals surface area contributed by atoms with E-state index in [9.17, 15) is 17.6 Å². The second-order valence-corrected chi connectivity index (χ2v) is 10.2. The molecule has 0 spiro atoms. The van der Waals surface area contributed by atoms with E-state index in [-0.39, 0.29) is 24.2 Å². The van der Waals surface area contributed by atoms with Crippen molar-refractivity contribution in [2.24, 2.45) is 0 Å². The predicted molar refractivity (Wildman–Crippen MR) is 135 cm³/mol. The lowest BCUT2D eigenvalue weighted by Gasteiger charge is -2.27. The molecule has 1 N–H and O–H groups in total. The fourth-order valence-corrected chi connectivity index (χ4v) is 4.56. The summed E-state index contributed by atoms with van der Waals surface area (Å²) in [5.41, 5.74) is 1.93. The Labute approximate surface area is 206 Å². The number of para-hydroxylation sites is 1. The van der Waals surface area contributed by atoms with Crippen LogP contribution in [0.25, 0.3) is 0 Å². The third-order valence-electron chi connectivity index (χ3n) is 5.44. The van der Waals surface area contributed by atoms with Crippen LogP contribution < -0.4 is 14.4 Å². The zero-order valence-electron chi connectivity index (χ0n) is 20.2. The average molecular weight is 500 g/mol. The number of carbonyl (C=O) groups is 1. The van der Waals surface area contributed by atoms with Crippen LogP contribution in [0.4, 0.5) is 10.1 Å². The van der Waals surface area contributed by atoms with Crippen LogP contribution in [0.5, 0.6) is 5.75 Å². The van der Waals surface area contributed by atoms with E-state index >= 15 is 0 Å². The molecule has 0 saturated heterocycles. The number of hydrogen-bond acceptors (Lipinski definition) is 4. The highest BCUT2D eigenvalue weighted by Gasteiger charge is 2.27. The molecule has 186 valence electrons. The van der Waals surface area contributed by atoms with Crippen molar-refractivity contribution >= 4 is 21.8 Å². The second kappa shape index (κ2) is 11.3. The highest BCUT2D eigenvalue weighted by molar-refractivity contribution is 7.90. The summed E-state index contributed by atoms with van der Waals surface area (Å²) in [4.78, 5) is 12.7. The molecule has 1 amide bonds. The van der Waals surface area contributed by atoms with Gasteiger partial charge in [0.05, 0.1) is 24.9 Å². The largest absolute Gasteiger partial charge is 0.494 e. The smallest absolute Gasteiger partial charge is 0.303 e. The number of benzene rings is 3. The van der Waals surface area contributed by atoms with Crippen molar-refractivity contribution in [3.05, 3.63) is 95.3 Å². The van der Waals surface area contributed by atoms with Gasteiger partial charge < -0.3 is 10.1 Å². The van der Waals surface area contributed by atoms with E-state index in [4.69, 9.17) is 4.74 Å². The molecular formula is C26H30FN3O4S. The summed E-state index contributed by atoms with van der Waals surface area (Å²) in [7, 11) is -1.17. The van der Waals surface area contributed by atoms with Crippen LogP contribution >= 0.6 is 0 Å². The number of halogens is 1. The number of rotatable bonds is 10. The lowest BCUT2D eigenvalue weighted by Crippen LogP contribution is -2.40. The van der Waals surface area contributed by atoms with Gasteiger partial charge in [0.15, 0.2) is 0 Å². The fraction of sp³-hybridized carbons (Fsp3) is 0.269. The van der Waals surface area contributed by atoms with Crippen LogP contribution in [0.3, 0.4) is 0 Å². The Bertz CT molecular complexity index is 1250. The quantitative estimate of drug-likeness (QED) is 0.445. The Hall–Kier alpha value is -3.43. The molecule has 0 saturated carbocycles. The maximum Gasteiger partial charge on any atom is 0.303 e. The number of ether oxygens (including phenoxy) is 1. The maximum absolute atomic E-state index is 14.4. The topological polar surface area (TPSA) is 79.0 Å². The molecule has 0 unspecified atom stereocenters. The Morgan fingerprint density at radius 1 is 1.00 bits per heavy atom. The van der Waals surface area contributed by atoms with Crippen LogP contribution in [0, 0.1) is 5.82 Å². The van der Waals surface area contributed by atoms with Crippen molar-refractivity contribution < 1.29 is 22.3 Å². The predicted octanol–water partition coefficient (Wildman–Crippen LogP) is 4.53. The summed E-state index contributed by atoms with van der Waals surface area (Å²) in [5.74, 6) is -0.131. The van der Waals surface area contributed by atoms with Crippen molar-refractivity contribution in [2.75, 3.05) is 25.0 Å². The van der Waals surface area contributed by atoms with E-state index in [2.05, 4.69) is 5.32 Å². The zero-order valence-corrected chi connectivity index (χ0v) is 21.0. The molecule has 0 radical (unpaired) electrons. The molecule has 3 aromatic rings. The first kappa shape index (κ1) is 26.2. The van der Waals surface area contributed by atoms with Crippen LogP contribution in [0.15, 0.2) is 72.8 Å². The molecule has 0 aliphatic rings. The summed E-state index contributed by atoms with van der Waals surface area (Å²) in [5, 5.41) is 2.95. The number of anilines is 1. The summed E-state index contributed by atoms with van der Waals surface area (Å²) in [6, 6.07) is 19.6. The molecule has 0 fully saturated rings. The lowest BCUT2D eigenvalue weighted by molar-refractivity contribution is 0.0940. The van der Waals surface area contributed by atoms with Gasteiger partial charge in [0.2, 0.25) is 0 Å². The van der Waals surface area contributed by atoms with Gasteiger partial charge >= 0.3 is 10.2 Å². The van der Waals surface area contributed by atoms with Gasteiger partial charge in [-0.2, -0.15) is 12.7 Å². The van der Waals surface area contributed by atoms with Gasteiger partial charge in [-0.15, -0.1) is 0 Å². The fourth-order valence-electron chi connectivity index (χ4n) is 3.45. The van der Waals surface area contributed by atoms with E-state index in [1.165, 1.54) is 32.3 Å². The summed E-state index contributed by atoms with van der Waals surface area (Å²) >= 11 is 0. The molecule has 3 aromatic carbocycles. The van der Waals surface area contributed by atoms with Crippen LogP contribution in [-0.2, 0) is 16.8 Å². The third kappa shape index (κ3) is 6.37. The van der Waals surface area contributed by atoms with Crippen molar-refractivity contribution in [3.63, 3.8) is 0 Å². The SMILES string of the molecule is CCOc1ccc([C@H](C)NC(=O)c2ccc(CN(c3ccccc3F)S(=O)(=O)N(C)C)cc2)cc1. The standard InChI is InChI=1S/C26H30FN3O4S/c1-5-34-23-16-14-21(15-17-23)19(2)28-26(31)22-12-10-20(11-13-22)18-30(35(32,33)29(3)4)25-9-7-6-8-24(25)27/h6-17,19H,5,18H2,1-4H3,(H,28,31)/t19-/m0/s1. The van der Waals surface area contributed by atoms with Crippen molar-refractivity contribution in [1.29, 1.82) is 0 Å². The number of amides is 1. The molecule has 0 bridgehead atoms. The lowest BCUT2D eigenvalue weighted by atomic mass is 10.1. The van der Waals surface area contributed by atoms with E-state index < -0.39 is 16.0 Å². The molecule has 0 heterocycles. The Morgan fingerprint density at radius 3 is 2.20 bits per heavy atom. The van der Waals surface area contributed by atoms with Crippen molar-refractivity contribution in [1.82, 2.24) is 9.62 Å². The minimum Gasteiger partial charge on any atom is -0.494 e. The first-order valence-corrected chi connectivity index (χ1v) is 12.6. The van der Waals surface area contributed by atoms with Crippen LogP contribution in [-0.4, -0.2) is 39.3 Å². The molecule has 35 heavy (non-hydrogen) atoms. The van der Waals surface area contributed by atoms with E-state index in [0.717, 1.165) is 19.9 Å². The van der Waals surface area contributed by atoms with E-state index in [1.54, 1.807) is 30.3 Å². The van der Waals surface area contributed by atoms with Gasteiger partial charge in [-0.3, -0.25) is 9.10 Å². The van der Waals surface area contributed by atoms with Gasteiger partial charge in [0, 0.05) is 19.7 Å². The first-order valence-electron chi connectivity index (χ1n) is 11.2. The molecule has 0 aliphatic heterocycles. The van der Waals surface area contributed by atoms with E-state index in [1.807, 2.05) is 38.1 Å². The minimum absolute atomic E-state index is 0.0489. The normalized spacial score (nSPS) is 12.3. The summed E-state index contributed by atoms with van der Waals surface area (Å²) in [6.07, 6.45) is 0. The molecular weight excluding hydrogens is 469 g/mol. The summed E-state index contributed by atoms with van der Waals surface area (Å²) in [6.45, 7) is 4.30. The Morgan fingerprint density at radius 2 is 1.63 bits per heavy atom. The maximum atomic E-state index is 14.4. The highest BCUT2D eigenvalue weighted by Crippen LogP contribution is 2.25. The van der Waals surface area contributed by atoms with Crippen LogP contribution in [0.1, 0.15) is 41.4 Å². The van der Waals surface area contributed by atoms with Gasteiger partial charge in [-0.25, -0.2) is 4.39 Å². The van der Waals surface area contributed by atoms with E-state index in [0.29, 0.717) is 17.7 Å². The second-order valence-electron chi connectivity index (χ2n) is 8.14. The van der Waals surface area contributed by atoms with Gasteiger partial charge in [0.25, 0.3) is 5.91 Å². The first-order chi connectivity index (χ1) is 16.6.